The van der Waals surface area contributed by atoms with Gasteiger partial charge >= 0.3 is 5.97 Å². The molecular weight excluding hydrogens is 344 g/mol. The zero-order valence-electron chi connectivity index (χ0n) is 10.3. The molecule has 1 aromatic heterocycles. The van der Waals surface area contributed by atoms with Crippen LogP contribution in [-0.2, 0) is 16.1 Å². The van der Waals surface area contributed by atoms with Crippen LogP contribution in [0.3, 0.4) is 0 Å². The minimum Gasteiger partial charge on any atom is -0.468 e. The average molecular weight is 356 g/mol. The first kappa shape index (κ1) is 16.5. The normalized spacial score (nSPS) is 12.3. The van der Waals surface area contributed by atoms with E-state index in [-0.39, 0.29) is 16.7 Å². The number of halogens is 3. The second-order valence-electron chi connectivity index (χ2n) is 3.69. The predicted octanol–water partition coefficient (Wildman–Crippen LogP) is 0.217. The third-order valence-electron chi connectivity index (χ3n) is 2.28. The highest BCUT2D eigenvalue weighted by molar-refractivity contribution is 9.10. The highest BCUT2D eigenvalue weighted by atomic mass is 79.9. The summed E-state index contributed by atoms with van der Waals surface area (Å²) in [5.41, 5.74) is -0.497. The van der Waals surface area contributed by atoms with E-state index in [2.05, 4.69) is 31.1 Å². The molecule has 0 aliphatic rings. The van der Waals surface area contributed by atoms with Crippen molar-refractivity contribution in [3.05, 3.63) is 21.0 Å². The lowest BCUT2D eigenvalue weighted by atomic mass is 10.3. The molecule has 1 rings (SSSR count). The zero-order valence-corrected chi connectivity index (χ0v) is 11.9. The molecule has 7 nitrogen and oxygen atoms in total. The Morgan fingerprint density at radius 1 is 1.65 bits per heavy atom. The fourth-order valence-corrected chi connectivity index (χ4v) is 1.64. The molecule has 1 unspecified atom stereocenters. The van der Waals surface area contributed by atoms with Crippen LogP contribution in [0.4, 0.5) is 14.5 Å². The van der Waals surface area contributed by atoms with E-state index in [1.165, 1.54) is 13.3 Å². The molecule has 0 radical (unpaired) electrons. The van der Waals surface area contributed by atoms with E-state index in [1.54, 1.807) is 0 Å². The van der Waals surface area contributed by atoms with Gasteiger partial charge in [-0.25, -0.2) is 13.5 Å². The highest BCUT2D eigenvalue weighted by Crippen LogP contribution is 2.16. The summed E-state index contributed by atoms with van der Waals surface area (Å²) in [6, 6.07) is 0. The van der Waals surface area contributed by atoms with E-state index in [9.17, 15) is 18.4 Å². The summed E-state index contributed by atoms with van der Waals surface area (Å²) in [6.07, 6.45) is -3.58. The third-order valence-corrected chi connectivity index (χ3v) is 3.05. The van der Waals surface area contributed by atoms with Gasteiger partial charge in [0.1, 0.15) is 17.1 Å². The zero-order chi connectivity index (χ0) is 15.3. The van der Waals surface area contributed by atoms with E-state index in [0.29, 0.717) is 0 Å². The van der Waals surface area contributed by atoms with Gasteiger partial charge in [0.2, 0.25) is 0 Å². The molecule has 1 atom stereocenters. The number of aliphatic hydroxyl groups is 1. The van der Waals surface area contributed by atoms with Crippen molar-refractivity contribution < 1.29 is 23.4 Å². The lowest BCUT2D eigenvalue weighted by molar-refractivity contribution is -0.141. The molecule has 0 bridgehead atoms. The van der Waals surface area contributed by atoms with Crippen molar-refractivity contribution in [2.75, 3.05) is 19.0 Å². The maximum absolute atomic E-state index is 12.1. The van der Waals surface area contributed by atoms with Crippen LogP contribution >= 0.6 is 15.9 Å². The van der Waals surface area contributed by atoms with E-state index < -0.39 is 30.6 Å². The van der Waals surface area contributed by atoms with Gasteiger partial charge in [0.15, 0.2) is 0 Å². The van der Waals surface area contributed by atoms with Gasteiger partial charge in [0.25, 0.3) is 12.0 Å². The SMILES string of the molecule is COC(=O)Cn1ncc(NCC(O)C(F)F)c(Br)c1=O. The first-order chi connectivity index (χ1) is 9.36. The Bertz CT molecular complexity index is 538. The molecule has 0 aliphatic heterocycles. The van der Waals surface area contributed by atoms with Crippen LogP contribution in [0.1, 0.15) is 0 Å². The molecule has 112 valence electrons. The molecular formula is C10H12BrF2N3O4. The summed E-state index contributed by atoms with van der Waals surface area (Å²) in [4.78, 5) is 22.9. The number of rotatable bonds is 6. The molecule has 10 heteroatoms. The number of nitrogens with one attached hydrogen (secondary N) is 1. The number of carbonyl (C=O) groups excluding carboxylic acids is 1. The molecule has 1 aromatic rings. The van der Waals surface area contributed by atoms with Crippen molar-refractivity contribution in [2.45, 2.75) is 19.1 Å². The first-order valence-corrected chi connectivity index (χ1v) is 6.18. The molecule has 0 saturated heterocycles. The lowest BCUT2D eigenvalue weighted by Crippen LogP contribution is -2.30. The number of alkyl halides is 2. The van der Waals surface area contributed by atoms with Gasteiger partial charge in [0, 0.05) is 6.54 Å². The second kappa shape index (κ2) is 7.29. The summed E-state index contributed by atoms with van der Waals surface area (Å²) in [5.74, 6) is -0.652. The quantitative estimate of drug-likeness (QED) is 0.709. The first-order valence-electron chi connectivity index (χ1n) is 5.39. The summed E-state index contributed by atoms with van der Waals surface area (Å²) >= 11 is 2.97. The molecule has 0 amide bonds. The van der Waals surface area contributed by atoms with Gasteiger partial charge in [0.05, 0.1) is 19.0 Å². The number of ether oxygens (including phenoxy) is 1. The van der Waals surface area contributed by atoms with E-state index >= 15 is 0 Å². The molecule has 20 heavy (non-hydrogen) atoms. The summed E-state index contributed by atoms with van der Waals surface area (Å²) in [6.45, 7) is -0.813. The number of carbonyl (C=O) groups is 1. The summed E-state index contributed by atoms with van der Waals surface area (Å²) in [7, 11) is 1.17. The van der Waals surface area contributed by atoms with E-state index in [1.807, 2.05) is 0 Å². The molecule has 0 spiro atoms. The Balaban J connectivity index is 2.84. The summed E-state index contributed by atoms with van der Waals surface area (Å²) < 4.78 is 29.5. The molecule has 0 aliphatic carbocycles. The summed E-state index contributed by atoms with van der Waals surface area (Å²) in [5, 5.41) is 15.1. The van der Waals surface area contributed by atoms with Crippen LogP contribution in [0.2, 0.25) is 0 Å². The number of methoxy groups -OCH3 is 1. The maximum atomic E-state index is 12.1. The number of esters is 1. The Hall–Kier alpha value is -1.55. The molecule has 2 N–H and O–H groups in total. The van der Waals surface area contributed by atoms with Crippen LogP contribution in [-0.4, -0.2) is 47.0 Å². The smallest absolute Gasteiger partial charge is 0.327 e. The second-order valence-corrected chi connectivity index (χ2v) is 4.49. The lowest BCUT2D eigenvalue weighted by Gasteiger charge is -2.13. The minimum atomic E-state index is -2.89. The molecule has 0 saturated carbocycles. The highest BCUT2D eigenvalue weighted by Gasteiger charge is 2.18. The number of nitrogens with zero attached hydrogens (tertiary/aromatic N) is 2. The number of aliphatic hydroxyl groups excluding tert-OH is 1. The van der Waals surface area contributed by atoms with Crippen molar-refractivity contribution in [2.24, 2.45) is 0 Å². The molecule has 1 heterocycles. The molecule has 0 fully saturated rings. The number of hydrogen-bond acceptors (Lipinski definition) is 6. The van der Waals surface area contributed by atoms with Crippen LogP contribution in [0, 0.1) is 0 Å². The van der Waals surface area contributed by atoms with Gasteiger partial charge in [-0.3, -0.25) is 9.59 Å². The van der Waals surface area contributed by atoms with Crippen LogP contribution in [0.15, 0.2) is 15.5 Å². The van der Waals surface area contributed by atoms with E-state index in [0.717, 1.165) is 4.68 Å². The van der Waals surface area contributed by atoms with Gasteiger partial charge in [-0.15, -0.1) is 0 Å². The van der Waals surface area contributed by atoms with Crippen molar-refractivity contribution in [3.63, 3.8) is 0 Å². The monoisotopic (exact) mass is 355 g/mol. The fourth-order valence-electron chi connectivity index (χ4n) is 1.19. The van der Waals surface area contributed by atoms with Gasteiger partial charge in [-0.05, 0) is 15.9 Å². The van der Waals surface area contributed by atoms with Gasteiger partial charge in [-0.1, -0.05) is 0 Å². The number of hydrogen-bond donors (Lipinski definition) is 2. The Labute approximate surface area is 120 Å². The van der Waals surface area contributed by atoms with Crippen molar-refractivity contribution in [1.29, 1.82) is 0 Å². The van der Waals surface area contributed by atoms with Gasteiger partial charge < -0.3 is 15.2 Å². The third kappa shape index (κ3) is 4.23. The average Bonchev–Trinajstić information content (AvgIpc) is 2.42. The van der Waals surface area contributed by atoms with Crippen molar-refractivity contribution >= 4 is 27.6 Å². The molecule has 0 aromatic carbocycles. The number of anilines is 1. The predicted molar refractivity (Wildman–Crippen MR) is 68.7 cm³/mol. The van der Waals surface area contributed by atoms with Crippen molar-refractivity contribution in [1.82, 2.24) is 9.78 Å². The number of aromatic nitrogens is 2. The largest absolute Gasteiger partial charge is 0.468 e. The van der Waals surface area contributed by atoms with Crippen molar-refractivity contribution in [3.8, 4) is 0 Å². The van der Waals surface area contributed by atoms with Gasteiger partial charge in [-0.2, -0.15) is 5.10 Å². The Morgan fingerprint density at radius 2 is 2.30 bits per heavy atom. The topological polar surface area (TPSA) is 93.5 Å². The van der Waals surface area contributed by atoms with Crippen LogP contribution in [0.25, 0.3) is 0 Å². The minimum absolute atomic E-state index is 0.0119. The fraction of sp³-hybridized carbons (Fsp3) is 0.500. The van der Waals surface area contributed by atoms with E-state index in [4.69, 9.17) is 5.11 Å². The van der Waals surface area contributed by atoms with Crippen LogP contribution in [0.5, 0.6) is 0 Å². The standard InChI is InChI=1S/C10H12BrF2N3O4/c1-20-7(18)4-16-10(19)8(11)5(2-15-16)14-3-6(17)9(12)13/h2,6,9,14,17H,3-4H2,1H3. The Kier molecular flexibility index (Phi) is 6.02. The van der Waals surface area contributed by atoms with Crippen LogP contribution < -0.4 is 10.9 Å². The maximum Gasteiger partial charge on any atom is 0.327 e. The Morgan fingerprint density at radius 3 is 2.85 bits per heavy atom.